The van der Waals surface area contributed by atoms with Crippen molar-refractivity contribution in [3.63, 3.8) is 0 Å². The third-order valence-electron chi connectivity index (χ3n) is 5.80. The quantitative estimate of drug-likeness (QED) is 0.494. The molecule has 4 rings (SSSR count). The highest BCUT2D eigenvalue weighted by Gasteiger charge is 2.29. The first-order valence-corrected chi connectivity index (χ1v) is 11.3. The Hall–Kier alpha value is -4.01. The van der Waals surface area contributed by atoms with Crippen molar-refractivity contribution >= 4 is 12.0 Å². The zero-order chi connectivity index (χ0) is 25.1. The second-order valence-electron chi connectivity index (χ2n) is 8.67. The van der Waals surface area contributed by atoms with Crippen LogP contribution in [-0.2, 0) is 11.3 Å². The Kier molecular flexibility index (Phi) is 6.95. The van der Waals surface area contributed by atoms with E-state index in [2.05, 4.69) is 15.6 Å². The minimum absolute atomic E-state index is 0.00301. The summed E-state index contributed by atoms with van der Waals surface area (Å²) in [7, 11) is 1.23. The molecule has 2 aromatic carbocycles. The molecule has 1 saturated carbocycles. The van der Waals surface area contributed by atoms with E-state index in [1.807, 2.05) is 32.0 Å². The van der Waals surface area contributed by atoms with Gasteiger partial charge in [0.15, 0.2) is 11.6 Å². The van der Waals surface area contributed by atoms with Crippen LogP contribution in [0.1, 0.15) is 57.1 Å². The largest absolute Gasteiger partial charge is 0.452 e. The first-order valence-electron chi connectivity index (χ1n) is 11.3. The lowest BCUT2D eigenvalue weighted by molar-refractivity contribution is 0.0687. The van der Waals surface area contributed by atoms with Gasteiger partial charge in [-0.3, -0.25) is 10.2 Å². The molecule has 1 aliphatic rings. The summed E-state index contributed by atoms with van der Waals surface area (Å²) < 4.78 is 25.6. The predicted molar refractivity (Wildman–Crippen MR) is 127 cm³/mol. The van der Waals surface area contributed by atoms with Crippen molar-refractivity contribution in [2.75, 3.05) is 7.11 Å². The number of benzene rings is 2. The molecule has 1 fully saturated rings. The molecule has 0 saturated heterocycles. The number of hydrogen-bond donors (Lipinski definition) is 1. The number of carbonyl (C=O) groups excluding carboxylic acids is 2. The lowest BCUT2D eigenvalue weighted by atomic mass is 10.1. The summed E-state index contributed by atoms with van der Waals surface area (Å²) in [6, 6.07) is 12.2. The van der Waals surface area contributed by atoms with Gasteiger partial charge in [-0.15, -0.1) is 5.10 Å². The summed E-state index contributed by atoms with van der Waals surface area (Å²) in [5.74, 6) is -1.18. The first-order chi connectivity index (χ1) is 16.8. The normalized spacial score (nSPS) is 12.7. The summed E-state index contributed by atoms with van der Waals surface area (Å²) in [6.07, 6.45) is 1.12. The van der Waals surface area contributed by atoms with Gasteiger partial charge in [0, 0.05) is 0 Å². The number of aryl methyl sites for hydroxylation is 3. The van der Waals surface area contributed by atoms with E-state index < -0.39 is 17.8 Å². The maximum atomic E-state index is 15.0. The topological polar surface area (TPSA) is 93.7 Å². The Bertz CT molecular complexity index is 1280. The molecule has 2 amide bonds. The van der Waals surface area contributed by atoms with E-state index in [0.29, 0.717) is 11.3 Å². The molecule has 1 aliphatic carbocycles. The number of nitrogens with zero attached hydrogens (tertiary/aromatic N) is 3. The summed E-state index contributed by atoms with van der Waals surface area (Å²) in [4.78, 5) is 25.7. The molecule has 0 radical (unpaired) electrons. The first kappa shape index (κ1) is 24.1. The average Bonchev–Trinajstić information content (AvgIpc) is 3.67. The lowest BCUT2D eigenvalue weighted by Gasteiger charge is -2.23. The van der Waals surface area contributed by atoms with Gasteiger partial charge in [0.05, 0.1) is 19.3 Å². The number of ether oxygens (including phenoxy) is 2. The Morgan fingerprint density at radius 2 is 1.89 bits per heavy atom. The third kappa shape index (κ3) is 5.56. The van der Waals surface area contributed by atoms with Crippen LogP contribution in [0.4, 0.5) is 9.18 Å². The second kappa shape index (κ2) is 10.1. The van der Waals surface area contributed by atoms with Crippen molar-refractivity contribution in [2.45, 2.75) is 46.1 Å². The number of methoxy groups -OCH3 is 1. The van der Waals surface area contributed by atoms with E-state index in [9.17, 15) is 14.0 Å². The number of aromatic nitrogens is 2. The van der Waals surface area contributed by atoms with Crippen LogP contribution in [0.5, 0.6) is 11.6 Å². The number of hydrazine groups is 1. The predicted octanol–water partition coefficient (Wildman–Crippen LogP) is 5.12. The minimum Gasteiger partial charge on any atom is -0.452 e. The fourth-order valence-electron chi connectivity index (χ4n) is 3.77. The zero-order valence-electron chi connectivity index (χ0n) is 20.1. The Morgan fingerprint density at radius 1 is 1.11 bits per heavy atom. The zero-order valence-corrected chi connectivity index (χ0v) is 20.1. The minimum atomic E-state index is -0.747. The highest BCUT2D eigenvalue weighted by atomic mass is 19.1. The highest BCUT2D eigenvalue weighted by Crippen LogP contribution is 2.43. The molecule has 1 aromatic heterocycles. The molecular formula is C26H27FN4O4. The van der Waals surface area contributed by atoms with Gasteiger partial charge in [-0.1, -0.05) is 35.9 Å². The Morgan fingerprint density at radius 3 is 2.57 bits per heavy atom. The van der Waals surface area contributed by atoms with Crippen molar-refractivity contribution in [3.05, 3.63) is 81.8 Å². The Balaban J connectivity index is 1.60. The van der Waals surface area contributed by atoms with Gasteiger partial charge in [0.2, 0.25) is 0 Å². The van der Waals surface area contributed by atoms with E-state index in [1.54, 1.807) is 19.1 Å². The monoisotopic (exact) mass is 478 g/mol. The van der Waals surface area contributed by atoms with Crippen LogP contribution in [0.15, 0.2) is 42.5 Å². The molecule has 0 bridgehead atoms. The van der Waals surface area contributed by atoms with Gasteiger partial charge in [-0.05, 0) is 68.4 Å². The molecule has 0 aliphatic heterocycles. The second-order valence-corrected chi connectivity index (χ2v) is 8.67. The molecule has 182 valence electrons. The number of nitrogens with one attached hydrogen (secondary N) is 1. The SMILES string of the molecule is COC(=O)N(Cc1ccc(C)cc1C)NC(=O)c1cc(C)nnc1Oc1cccc(C2CC2)c1F. The molecule has 8 nitrogen and oxygen atoms in total. The van der Waals surface area contributed by atoms with Gasteiger partial charge < -0.3 is 9.47 Å². The summed E-state index contributed by atoms with van der Waals surface area (Å²) in [6.45, 7) is 5.64. The van der Waals surface area contributed by atoms with Gasteiger partial charge in [-0.2, -0.15) is 5.10 Å². The maximum Gasteiger partial charge on any atom is 0.428 e. The average molecular weight is 479 g/mol. The summed E-state index contributed by atoms with van der Waals surface area (Å²) in [5.41, 5.74) is 6.48. The standard InChI is InChI=1S/C26H27FN4O4/c1-15-8-9-19(16(2)12-15)14-31(26(33)34-4)30-24(32)21-13-17(3)28-29-25(21)35-22-7-5-6-20(23(22)27)18-10-11-18/h5-9,12-13,18H,10-11,14H2,1-4H3,(H,30,32). The van der Waals surface area contributed by atoms with E-state index >= 15 is 0 Å². The number of rotatable bonds is 6. The number of amides is 2. The van der Waals surface area contributed by atoms with Gasteiger partial charge in [0.1, 0.15) is 5.56 Å². The van der Waals surface area contributed by atoms with E-state index in [4.69, 9.17) is 9.47 Å². The number of carbonyl (C=O) groups is 2. The van der Waals surface area contributed by atoms with Crippen LogP contribution in [0.3, 0.4) is 0 Å². The highest BCUT2D eigenvalue weighted by molar-refractivity contribution is 5.97. The fraction of sp³-hybridized carbons (Fsp3) is 0.308. The van der Waals surface area contributed by atoms with Crippen molar-refractivity contribution in [3.8, 4) is 11.6 Å². The van der Waals surface area contributed by atoms with Crippen LogP contribution in [-0.4, -0.2) is 34.3 Å². The molecule has 0 unspecified atom stereocenters. The number of halogens is 1. The molecule has 9 heteroatoms. The molecule has 1 N–H and O–H groups in total. The van der Waals surface area contributed by atoms with Gasteiger partial charge >= 0.3 is 6.09 Å². The van der Waals surface area contributed by atoms with Gasteiger partial charge in [0.25, 0.3) is 11.8 Å². The van der Waals surface area contributed by atoms with Crippen LogP contribution >= 0.6 is 0 Å². The fourth-order valence-corrected chi connectivity index (χ4v) is 3.77. The number of hydrogen-bond acceptors (Lipinski definition) is 6. The Labute approximate surface area is 203 Å². The van der Waals surface area contributed by atoms with Crippen LogP contribution in [0.2, 0.25) is 0 Å². The molecular weight excluding hydrogens is 451 g/mol. The van der Waals surface area contributed by atoms with Crippen molar-refractivity contribution in [2.24, 2.45) is 0 Å². The lowest BCUT2D eigenvalue weighted by Crippen LogP contribution is -2.45. The van der Waals surface area contributed by atoms with Crippen LogP contribution in [0.25, 0.3) is 0 Å². The van der Waals surface area contributed by atoms with Crippen molar-refractivity contribution in [1.29, 1.82) is 0 Å². The van der Waals surface area contributed by atoms with E-state index in [1.165, 1.54) is 19.2 Å². The summed E-state index contributed by atoms with van der Waals surface area (Å²) in [5, 5.41) is 8.99. The van der Waals surface area contributed by atoms with Crippen LogP contribution in [0, 0.1) is 26.6 Å². The molecule has 0 atom stereocenters. The summed E-state index contributed by atoms with van der Waals surface area (Å²) >= 11 is 0. The molecule has 3 aromatic rings. The third-order valence-corrected chi connectivity index (χ3v) is 5.80. The molecule has 1 heterocycles. The van der Waals surface area contributed by atoms with E-state index in [-0.39, 0.29) is 29.7 Å². The van der Waals surface area contributed by atoms with Crippen molar-refractivity contribution < 1.29 is 23.5 Å². The molecule has 35 heavy (non-hydrogen) atoms. The molecule has 0 spiro atoms. The van der Waals surface area contributed by atoms with E-state index in [0.717, 1.165) is 34.5 Å². The smallest absolute Gasteiger partial charge is 0.428 e. The van der Waals surface area contributed by atoms with Crippen molar-refractivity contribution in [1.82, 2.24) is 20.6 Å². The maximum absolute atomic E-state index is 15.0. The van der Waals surface area contributed by atoms with Gasteiger partial charge in [-0.25, -0.2) is 14.2 Å². The van der Waals surface area contributed by atoms with Crippen LogP contribution < -0.4 is 10.2 Å².